The van der Waals surface area contributed by atoms with Gasteiger partial charge < -0.3 is 0 Å². The zero-order chi connectivity index (χ0) is 18.4. The molecular weight excluding hydrogens is 392 g/mol. The number of primary sulfonamides is 1. The number of halogens is 1. The standard InChI is InChI=1S/C13H9ClN4O5S2/c14-9-4-10-12(5-11(9)24(15,20)21)25(22,23)18(7-17-10)13(19)8-2-1-3-16-6-8/h1-7H,(H2,15,20,21). The summed E-state index contributed by atoms with van der Waals surface area (Å²) in [6.45, 7) is 0. The molecule has 1 amide bonds. The van der Waals surface area contributed by atoms with Gasteiger partial charge in [-0.25, -0.2) is 27.0 Å². The van der Waals surface area contributed by atoms with E-state index in [1.54, 1.807) is 0 Å². The maximum atomic E-state index is 12.7. The summed E-state index contributed by atoms with van der Waals surface area (Å²) in [5, 5.41) is 4.75. The zero-order valence-corrected chi connectivity index (χ0v) is 14.6. The van der Waals surface area contributed by atoms with Gasteiger partial charge in [0.2, 0.25) is 10.0 Å². The van der Waals surface area contributed by atoms with Crippen LogP contribution >= 0.6 is 11.6 Å². The predicted molar refractivity (Wildman–Crippen MR) is 88.6 cm³/mol. The molecule has 2 N–H and O–H groups in total. The molecule has 3 rings (SSSR count). The minimum Gasteiger partial charge on any atom is -0.267 e. The second-order valence-corrected chi connectivity index (χ2v) is 8.61. The van der Waals surface area contributed by atoms with Gasteiger partial charge in [0.1, 0.15) is 16.1 Å². The van der Waals surface area contributed by atoms with E-state index in [0.29, 0.717) is 4.31 Å². The fraction of sp³-hybridized carbons (Fsp3) is 0. The highest BCUT2D eigenvalue weighted by Gasteiger charge is 2.35. The number of nitrogens with two attached hydrogens (primary N) is 1. The number of hydrogen-bond donors (Lipinski definition) is 1. The molecule has 12 heteroatoms. The van der Waals surface area contributed by atoms with E-state index < -0.39 is 35.7 Å². The number of fused-ring (bicyclic) bond motifs is 1. The van der Waals surface area contributed by atoms with Crippen LogP contribution in [0, 0.1) is 0 Å². The number of carbonyl (C=O) groups excluding carboxylic acids is 1. The summed E-state index contributed by atoms with van der Waals surface area (Å²) in [7, 11) is -8.67. The topological polar surface area (TPSA) is 140 Å². The van der Waals surface area contributed by atoms with Crippen molar-refractivity contribution >= 4 is 49.6 Å². The smallest absolute Gasteiger partial charge is 0.267 e. The van der Waals surface area contributed by atoms with Crippen molar-refractivity contribution in [1.29, 1.82) is 0 Å². The Hall–Kier alpha value is -2.34. The number of carbonyl (C=O) groups is 1. The molecule has 2 aromatic rings. The Labute approximate surface area is 147 Å². The van der Waals surface area contributed by atoms with E-state index in [9.17, 15) is 21.6 Å². The first-order valence-corrected chi connectivity index (χ1v) is 9.88. The molecule has 1 aromatic carbocycles. The van der Waals surface area contributed by atoms with Gasteiger partial charge in [0.25, 0.3) is 15.9 Å². The number of sulfonamides is 2. The van der Waals surface area contributed by atoms with Crippen molar-refractivity contribution in [2.45, 2.75) is 9.79 Å². The first-order chi connectivity index (χ1) is 11.6. The van der Waals surface area contributed by atoms with Crippen molar-refractivity contribution in [3.05, 3.63) is 47.2 Å². The summed E-state index contributed by atoms with van der Waals surface area (Å²) in [6.07, 6.45) is 3.43. The lowest BCUT2D eigenvalue weighted by atomic mass is 10.3. The first-order valence-electron chi connectivity index (χ1n) is 6.52. The average Bonchev–Trinajstić information content (AvgIpc) is 2.53. The second-order valence-electron chi connectivity index (χ2n) is 4.89. The first kappa shape index (κ1) is 17.5. The lowest BCUT2D eigenvalue weighted by molar-refractivity contribution is 0.0915. The number of hydrogen-bond acceptors (Lipinski definition) is 7. The molecule has 9 nitrogen and oxygen atoms in total. The van der Waals surface area contributed by atoms with Crippen LogP contribution in [0.5, 0.6) is 0 Å². The minimum atomic E-state index is -4.40. The van der Waals surface area contributed by atoms with Gasteiger partial charge in [-0.05, 0) is 24.3 Å². The Bertz CT molecular complexity index is 1110. The summed E-state index contributed by atoms with van der Waals surface area (Å²) in [5.41, 5.74) is -0.0887. The number of rotatable bonds is 2. The molecule has 0 atom stereocenters. The predicted octanol–water partition coefficient (Wildman–Crippen LogP) is 0.887. The average molecular weight is 401 g/mol. The second kappa shape index (κ2) is 5.88. The summed E-state index contributed by atoms with van der Waals surface area (Å²) >= 11 is 5.82. The van der Waals surface area contributed by atoms with Crippen molar-refractivity contribution in [3.8, 4) is 0 Å². The van der Waals surface area contributed by atoms with Gasteiger partial charge in [-0.15, -0.1) is 0 Å². The largest absolute Gasteiger partial charge is 0.274 e. The Morgan fingerprint density at radius 1 is 1.28 bits per heavy atom. The normalized spacial score (nSPS) is 15.7. The molecule has 25 heavy (non-hydrogen) atoms. The number of aromatic nitrogens is 1. The van der Waals surface area contributed by atoms with Crippen LogP contribution in [-0.4, -0.2) is 38.4 Å². The fourth-order valence-electron chi connectivity index (χ4n) is 2.11. The number of aliphatic imine (C=N–C) groups is 1. The van der Waals surface area contributed by atoms with Gasteiger partial charge in [0.05, 0.1) is 16.3 Å². The number of benzene rings is 1. The minimum absolute atomic E-state index is 0.0154. The highest BCUT2D eigenvalue weighted by molar-refractivity contribution is 7.90. The van der Waals surface area contributed by atoms with Gasteiger partial charge in [-0.2, -0.15) is 4.31 Å². The highest BCUT2D eigenvalue weighted by Crippen LogP contribution is 2.36. The van der Waals surface area contributed by atoms with Crippen LogP contribution in [0.1, 0.15) is 10.4 Å². The van der Waals surface area contributed by atoms with Crippen molar-refractivity contribution in [1.82, 2.24) is 9.29 Å². The number of pyridine rings is 1. The third-order valence-electron chi connectivity index (χ3n) is 3.27. The Balaban J connectivity index is 2.17. The molecule has 1 aliphatic heterocycles. The Morgan fingerprint density at radius 2 is 2.00 bits per heavy atom. The van der Waals surface area contributed by atoms with Crippen LogP contribution in [0.25, 0.3) is 0 Å². The molecule has 1 aromatic heterocycles. The fourth-order valence-corrected chi connectivity index (χ4v) is 4.63. The van der Waals surface area contributed by atoms with Crippen molar-refractivity contribution in [3.63, 3.8) is 0 Å². The molecule has 0 saturated carbocycles. The quantitative estimate of drug-likeness (QED) is 0.793. The molecule has 2 heterocycles. The van der Waals surface area contributed by atoms with Crippen molar-refractivity contribution in [2.24, 2.45) is 10.1 Å². The zero-order valence-electron chi connectivity index (χ0n) is 12.2. The SMILES string of the molecule is NS(=O)(=O)c1cc2c(cc1Cl)N=CN(C(=O)c1cccnc1)S2(=O)=O. The van der Waals surface area contributed by atoms with Crippen LogP contribution in [0.2, 0.25) is 5.02 Å². The third-order valence-corrected chi connectivity index (χ3v) is 6.30. The lowest BCUT2D eigenvalue weighted by Gasteiger charge is -2.23. The molecule has 0 unspecified atom stereocenters. The lowest BCUT2D eigenvalue weighted by Crippen LogP contribution is -2.37. The summed E-state index contributed by atoms with van der Waals surface area (Å²) < 4.78 is 49.0. The molecule has 1 aliphatic rings. The van der Waals surface area contributed by atoms with Crippen molar-refractivity contribution in [2.75, 3.05) is 0 Å². The van der Waals surface area contributed by atoms with Gasteiger partial charge in [-0.1, -0.05) is 11.6 Å². The van der Waals surface area contributed by atoms with Crippen molar-refractivity contribution < 1.29 is 21.6 Å². The van der Waals surface area contributed by atoms with Gasteiger partial charge >= 0.3 is 0 Å². The molecular formula is C13H9ClN4O5S2. The number of nitrogens with zero attached hydrogens (tertiary/aromatic N) is 3. The van der Waals surface area contributed by atoms with E-state index in [2.05, 4.69) is 9.98 Å². The summed E-state index contributed by atoms with van der Waals surface area (Å²) in [5.74, 6) is -0.894. The molecule has 0 aliphatic carbocycles. The molecule has 0 spiro atoms. The number of amides is 1. The van der Waals surface area contributed by atoms with Crippen LogP contribution in [-0.2, 0) is 20.0 Å². The maximum Gasteiger partial charge on any atom is 0.274 e. The highest BCUT2D eigenvalue weighted by atomic mass is 35.5. The van der Waals surface area contributed by atoms with Gasteiger partial charge in [-0.3, -0.25) is 9.78 Å². The molecule has 0 radical (unpaired) electrons. The summed E-state index contributed by atoms with van der Waals surface area (Å²) in [6, 6.07) is 4.68. The molecule has 0 fully saturated rings. The van der Waals surface area contributed by atoms with Crippen LogP contribution < -0.4 is 5.14 Å². The maximum absolute atomic E-state index is 12.7. The van der Waals surface area contributed by atoms with Crippen LogP contribution in [0.15, 0.2) is 51.4 Å². The molecule has 0 saturated heterocycles. The van der Waals surface area contributed by atoms with E-state index in [1.807, 2.05) is 0 Å². The van der Waals surface area contributed by atoms with Gasteiger partial charge in [0, 0.05) is 12.4 Å². The van der Waals surface area contributed by atoms with Gasteiger partial charge in [0.15, 0.2) is 0 Å². The van der Waals surface area contributed by atoms with E-state index in [4.69, 9.17) is 16.7 Å². The molecule has 0 bridgehead atoms. The van der Waals surface area contributed by atoms with E-state index in [0.717, 1.165) is 18.5 Å². The van der Waals surface area contributed by atoms with E-state index in [-0.39, 0.29) is 16.3 Å². The monoisotopic (exact) mass is 400 g/mol. The van der Waals surface area contributed by atoms with E-state index >= 15 is 0 Å². The Morgan fingerprint density at radius 3 is 2.60 bits per heavy atom. The summed E-state index contributed by atoms with van der Waals surface area (Å²) in [4.78, 5) is 19.0. The van der Waals surface area contributed by atoms with E-state index in [1.165, 1.54) is 24.5 Å². The Kier molecular flexibility index (Phi) is 4.11. The van der Waals surface area contributed by atoms with Crippen LogP contribution in [0.3, 0.4) is 0 Å². The molecule has 130 valence electrons. The third kappa shape index (κ3) is 3.02. The van der Waals surface area contributed by atoms with Crippen LogP contribution in [0.4, 0.5) is 5.69 Å².